The molecule has 1 aromatic rings. The number of aryl methyl sites for hydroxylation is 1. The smallest absolute Gasteiger partial charge is 0.343 e. The summed E-state index contributed by atoms with van der Waals surface area (Å²) in [5.41, 5.74) is 0.104. The molecular formula is C14H20N2O3S. The molecule has 110 valence electrons. The van der Waals surface area contributed by atoms with Crippen molar-refractivity contribution in [1.29, 1.82) is 0 Å². The van der Waals surface area contributed by atoms with Crippen LogP contribution in [0.4, 0.5) is 5.00 Å². The summed E-state index contributed by atoms with van der Waals surface area (Å²) in [5.74, 6) is -0.671. The second-order valence-corrected chi connectivity index (χ2v) is 5.52. The van der Waals surface area contributed by atoms with Crippen LogP contribution >= 0.6 is 11.3 Å². The van der Waals surface area contributed by atoms with Crippen molar-refractivity contribution in [1.82, 2.24) is 4.98 Å². The minimum absolute atomic E-state index is 0.0101. The van der Waals surface area contributed by atoms with Gasteiger partial charge in [-0.25, -0.2) is 14.8 Å². The van der Waals surface area contributed by atoms with Gasteiger partial charge in [-0.3, -0.25) is 0 Å². The Morgan fingerprint density at radius 3 is 2.80 bits per heavy atom. The summed E-state index contributed by atoms with van der Waals surface area (Å²) in [4.78, 5) is 20.2. The number of allylic oxidation sites excluding steroid dienone is 1. The van der Waals surface area contributed by atoms with Crippen LogP contribution in [0.5, 0.6) is 0 Å². The highest BCUT2D eigenvalue weighted by Crippen LogP contribution is 2.22. The predicted molar refractivity (Wildman–Crippen MR) is 80.7 cm³/mol. The zero-order valence-electron chi connectivity index (χ0n) is 12.2. The zero-order valence-corrected chi connectivity index (χ0v) is 13.0. The van der Waals surface area contributed by atoms with Crippen molar-refractivity contribution in [3.8, 4) is 0 Å². The second kappa shape index (κ2) is 7.79. The Morgan fingerprint density at radius 2 is 2.30 bits per heavy atom. The normalized spacial score (nSPS) is 14.2. The molecule has 0 spiro atoms. The Bertz CT molecular complexity index is 520. The number of aliphatic imine (C=N–C) groups is 1. The van der Waals surface area contributed by atoms with Crippen molar-refractivity contribution in [3.63, 3.8) is 0 Å². The van der Waals surface area contributed by atoms with Crippen LogP contribution in [0.1, 0.15) is 32.2 Å². The molecule has 1 N–H and O–H groups in total. The average molecular weight is 296 g/mol. The first-order valence-electron chi connectivity index (χ1n) is 6.56. The Labute approximate surface area is 123 Å². The van der Waals surface area contributed by atoms with E-state index >= 15 is 0 Å². The summed E-state index contributed by atoms with van der Waals surface area (Å²) in [5, 5.41) is 11.7. The third-order valence-electron chi connectivity index (χ3n) is 2.78. The molecule has 5 nitrogen and oxygen atoms in total. The maximum absolute atomic E-state index is 11.9. The number of rotatable bonds is 6. The van der Waals surface area contributed by atoms with Gasteiger partial charge in [0.2, 0.25) is 0 Å². The van der Waals surface area contributed by atoms with E-state index in [2.05, 4.69) is 9.98 Å². The molecule has 1 heterocycles. The van der Waals surface area contributed by atoms with Crippen LogP contribution in [-0.4, -0.2) is 28.9 Å². The maximum atomic E-state index is 11.9. The number of hydrogen-bond donors (Lipinski definition) is 1. The molecule has 6 heteroatoms. The van der Waals surface area contributed by atoms with Gasteiger partial charge in [0, 0.05) is 12.1 Å². The lowest BCUT2D eigenvalue weighted by molar-refractivity contribution is -0.138. The first-order chi connectivity index (χ1) is 9.49. The van der Waals surface area contributed by atoms with Crippen LogP contribution in [0.2, 0.25) is 0 Å². The van der Waals surface area contributed by atoms with E-state index in [1.54, 1.807) is 13.1 Å². The molecule has 0 saturated heterocycles. The lowest BCUT2D eigenvalue weighted by atomic mass is 10.0. The Morgan fingerprint density at radius 1 is 1.60 bits per heavy atom. The summed E-state index contributed by atoms with van der Waals surface area (Å²) in [7, 11) is 0. The number of carbonyl (C=O) groups is 1. The largest absolute Gasteiger partial charge is 0.511 e. The average Bonchev–Trinajstić information content (AvgIpc) is 2.83. The number of thiazole rings is 1. The molecule has 0 saturated carbocycles. The van der Waals surface area contributed by atoms with Gasteiger partial charge < -0.3 is 9.84 Å². The van der Waals surface area contributed by atoms with Gasteiger partial charge in [-0.05, 0) is 20.3 Å². The summed E-state index contributed by atoms with van der Waals surface area (Å²) < 4.78 is 4.95. The van der Waals surface area contributed by atoms with Crippen LogP contribution in [0.25, 0.3) is 0 Å². The molecule has 1 rings (SSSR count). The van der Waals surface area contributed by atoms with Crippen molar-refractivity contribution < 1.29 is 14.6 Å². The quantitative estimate of drug-likeness (QED) is 0.377. The number of esters is 1. The van der Waals surface area contributed by atoms with E-state index in [1.165, 1.54) is 17.6 Å². The van der Waals surface area contributed by atoms with Gasteiger partial charge in [0.25, 0.3) is 0 Å². The molecule has 0 amide bonds. The van der Waals surface area contributed by atoms with Gasteiger partial charge >= 0.3 is 5.97 Å². The van der Waals surface area contributed by atoms with E-state index in [1.807, 2.05) is 20.8 Å². The highest BCUT2D eigenvalue weighted by molar-refractivity contribution is 7.15. The van der Waals surface area contributed by atoms with Gasteiger partial charge in [0.15, 0.2) is 0 Å². The Hall–Kier alpha value is -1.69. The fraction of sp³-hybridized carbons (Fsp3) is 0.500. The molecule has 0 aliphatic carbocycles. The SMILES string of the molecule is CCOC(=O)C(C=Nc1cnc(C)s1)=C(O)C(C)CC. The number of nitrogens with zero attached hydrogens (tertiary/aromatic N) is 2. The van der Waals surface area contributed by atoms with Gasteiger partial charge in [-0.15, -0.1) is 0 Å². The van der Waals surface area contributed by atoms with Crippen LogP contribution in [0.15, 0.2) is 22.5 Å². The molecule has 0 aromatic carbocycles. The molecule has 0 radical (unpaired) electrons. The fourth-order valence-electron chi connectivity index (χ4n) is 1.43. The number of ether oxygens (including phenoxy) is 1. The van der Waals surface area contributed by atoms with Gasteiger partial charge in [-0.2, -0.15) is 0 Å². The van der Waals surface area contributed by atoms with Crippen molar-refractivity contribution in [3.05, 3.63) is 22.5 Å². The van der Waals surface area contributed by atoms with Gasteiger partial charge in [0.05, 0.1) is 17.8 Å². The molecule has 0 aliphatic rings. The first-order valence-corrected chi connectivity index (χ1v) is 7.37. The Kier molecular flexibility index (Phi) is 6.38. The first kappa shape index (κ1) is 16.4. The highest BCUT2D eigenvalue weighted by atomic mass is 32.1. The molecule has 20 heavy (non-hydrogen) atoms. The molecule has 0 bridgehead atoms. The van der Waals surface area contributed by atoms with Crippen molar-refractivity contribution in [2.75, 3.05) is 6.61 Å². The van der Waals surface area contributed by atoms with E-state index in [9.17, 15) is 9.90 Å². The molecule has 1 aromatic heterocycles. The highest BCUT2D eigenvalue weighted by Gasteiger charge is 2.18. The topological polar surface area (TPSA) is 71.8 Å². The lowest BCUT2D eigenvalue weighted by Crippen LogP contribution is -2.14. The molecule has 1 atom stereocenters. The second-order valence-electron chi connectivity index (χ2n) is 4.30. The lowest BCUT2D eigenvalue weighted by Gasteiger charge is -2.11. The van der Waals surface area contributed by atoms with Crippen molar-refractivity contribution in [2.24, 2.45) is 10.9 Å². The fourth-order valence-corrected chi connectivity index (χ4v) is 2.05. The third-order valence-corrected chi connectivity index (χ3v) is 3.60. The van der Waals surface area contributed by atoms with E-state index in [-0.39, 0.29) is 23.9 Å². The van der Waals surface area contributed by atoms with E-state index < -0.39 is 5.97 Å². The number of carbonyl (C=O) groups excluding carboxylic acids is 1. The summed E-state index contributed by atoms with van der Waals surface area (Å²) >= 11 is 1.42. The monoisotopic (exact) mass is 296 g/mol. The molecule has 0 fully saturated rings. The number of aromatic nitrogens is 1. The van der Waals surface area contributed by atoms with E-state index in [0.29, 0.717) is 5.00 Å². The zero-order chi connectivity index (χ0) is 15.1. The Balaban J connectivity index is 3.05. The van der Waals surface area contributed by atoms with Crippen LogP contribution in [-0.2, 0) is 9.53 Å². The predicted octanol–water partition coefficient (Wildman–Crippen LogP) is 3.58. The summed E-state index contributed by atoms with van der Waals surface area (Å²) in [6, 6.07) is 0. The standard InChI is InChI=1S/C14H20N2O3S/c1-5-9(3)13(17)11(14(18)19-6-2)7-16-12-8-15-10(4)20-12/h7-9,17H,5-6H2,1-4H3. The van der Waals surface area contributed by atoms with Crippen LogP contribution in [0, 0.1) is 12.8 Å². The van der Waals surface area contributed by atoms with Gasteiger partial charge in [-0.1, -0.05) is 25.2 Å². The number of aliphatic hydroxyl groups is 1. The maximum Gasteiger partial charge on any atom is 0.343 e. The summed E-state index contributed by atoms with van der Waals surface area (Å²) in [6.45, 7) is 7.64. The molecule has 0 aliphatic heterocycles. The van der Waals surface area contributed by atoms with Crippen LogP contribution < -0.4 is 0 Å². The van der Waals surface area contributed by atoms with E-state index in [0.717, 1.165) is 11.4 Å². The van der Waals surface area contributed by atoms with Gasteiger partial charge in [0.1, 0.15) is 16.3 Å². The number of hydrogen-bond acceptors (Lipinski definition) is 6. The third kappa shape index (κ3) is 4.45. The molecule has 1 unspecified atom stereocenters. The molecular weight excluding hydrogens is 276 g/mol. The minimum Gasteiger partial charge on any atom is -0.511 e. The number of aliphatic hydroxyl groups excluding tert-OH is 1. The van der Waals surface area contributed by atoms with Crippen molar-refractivity contribution >= 4 is 28.5 Å². The van der Waals surface area contributed by atoms with Crippen molar-refractivity contribution in [2.45, 2.75) is 34.1 Å². The summed E-state index contributed by atoms with van der Waals surface area (Å²) in [6.07, 6.45) is 3.70. The van der Waals surface area contributed by atoms with Crippen LogP contribution in [0.3, 0.4) is 0 Å². The van der Waals surface area contributed by atoms with E-state index in [4.69, 9.17) is 4.74 Å². The minimum atomic E-state index is -0.560.